The van der Waals surface area contributed by atoms with E-state index < -0.39 is 0 Å². The lowest BCUT2D eigenvalue weighted by molar-refractivity contribution is -0.140. The fourth-order valence-corrected chi connectivity index (χ4v) is 2.11. The van der Waals surface area contributed by atoms with Gasteiger partial charge in [0.15, 0.2) is 0 Å². The fraction of sp³-hybridized carbons (Fsp3) is 0.923. The van der Waals surface area contributed by atoms with E-state index in [1.165, 1.54) is 6.42 Å². The first kappa shape index (κ1) is 13.5. The average molecular weight is 226 g/mol. The summed E-state index contributed by atoms with van der Waals surface area (Å²) in [5, 5.41) is 3.53. The van der Waals surface area contributed by atoms with Crippen molar-refractivity contribution in [2.24, 2.45) is 5.41 Å². The van der Waals surface area contributed by atoms with Crippen LogP contribution in [0, 0.1) is 5.41 Å². The number of nitrogens with one attached hydrogen (secondary N) is 1. The van der Waals surface area contributed by atoms with Crippen molar-refractivity contribution in [3.05, 3.63) is 0 Å². The van der Waals surface area contributed by atoms with Crippen molar-refractivity contribution in [1.82, 2.24) is 10.2 Å². The predicted octanol–water partition coefficient (Wildman–Crippen LogP) is 2.02. The Kier molecular flexibility index (Phi) is 4.78. The number of piperidine rings is 1. The number of hydrogen-bond donors (Lipinski definition) is 1. The van der Waals surface area contributed by atoms with E-state index in [1.807, 2.05) is 25.7 Å². The van der Waals surface area contributed by atoms with E-state index in [4.69, 9.17) is 0 Å². The maximum atomic E-state index is 12.0. The largest absolute Gasteiger partial charge is 0.342 e. The smallest absolute Gasteiger partial charge is 0.227 e. The quantitative estimate of drug-likeness (QED) is 0.798. The van der Waals surface area contributed by atoms with Gasteiger partial charge in [-0.25, -0.2) is 0 Å². The van der Waals surface area contributed by atoms with Crippen LogP contribution in [0.3, 0.4) is 0 Å². The number of carbonyl (C=O) groups is 1. The monoisotopic (exact) mass is 226 g/mol. The van der Waals surface area contributed by atoms with Crippen molar-refractivity contribution in [3.63, 3.8) is 0 Å². The van der Waals surface area contributed by atoms with Crippen LogP contribution in [0.4, 0.5) is 0 Å². The first-order valence-electron chi connectivity index (χ1n) is 6.48. The lowest BCUT2D eigenvalue weighted by Gasteiger charge is -2.36. The lowest BCUT2D eigenvalue weighted by atomic mass is 9.93. The van der Waals surface area contributed by atoms with E-state index >= 15 is 0 Å². The minimum absolute atomic E-state index is 0.232. The zero-order chi connectivity index (χ0) is 12.2. The molecule has 1 rings (SSSR count). The summed E-state index contributed by atoms with van der Waals surface area (Å²) in [5.74, 6) is 0.293. The van der Waals surface area contributed by atoms with Crippen LogP contribution in [0.5, 0.6) is 0 Å². The molecule has 0 atom stereocenters. The Labute approximate surface area is 99.6 Å². The van der Waals surface area contributed by atoms with E-state index in [2.05, 4.69) is 12.2 Å². The molecule has 94 valence electrons. The Bertz CT molecular complexity index is 225. The second kappa shape index (κ2) is 5.67. The molecule has 1 aliphatic rings. The third kappa shape index (κ3) is 3.78. The molecule has 0 unspecified atom stereocenters. The molecular formula is C13H26N2O. The van der Waals surface area contributed by atoms with Crippen LogP contribution in [0.15, 0.2) is 0 Å². The van der Waals surface area contributed by atoms with Crippen molar-refractivity contribution in [2.45, 2.75) is 53.0 Å². The van der Waals surface area contributed by atoms with Gasteiger partial charge in [0.1, 0.15) is 0 Å². The van der Waals surface area contributed by atoms with Crippen LogP contribution in [0.1, 0.15) is 47.0 Å². The highest BCUT2D eigenvalue weighted by Gasteiger charge is 2.29. The predicted molar refractivity (Wildman–Crippen MR) is 67.4 cm³/mol. The normalized spacial score (nSPS) is 18.9. The number of likely N-dealkylation sites (tertiary alicyclic amines) is 1. The molecule has 0 bridgehead atoms. The Hall–Kier alpha value is -0.570. The molecule has 0 aromatic rings. The van der Waals surface area contributed by atoms with Crippen molar-refractivity contribution >= 4 is 5.91 Å². The van der Waals surface area contributed by atoms with Crippen LogP contribution >= 0.6 is 0 Å². The number of amides is 1. The fourth-order valence-electron chi connectivity index (χ4n) is 2.11. The van der Waals surface area contributed by atoms with E-state index in [1.54, 1.807) is 0 Å². The second-order valence-corrected chi connectivity index (χ2v) is 5.77. The molecule has 0 aliphatic carbocycles. The van der Waals surface area contributed by atoms with Gasteiger partial charge in [0.05, 0.1) is 0 Å². The average Bonchev–Trinajstić information content (AvgIpc) is 2.25. The molecule has 0 saturated carbocycles. The first-order valence-corrected chi connectivity index (χ1v) is 6.48. The van der Waals surface area contributed by atoms with Gasteiger partial charge in [0, 0.05) is 24.5 Å². The van der Waals surface area contributed by atoms with Gasteiger partial charge in [0.25, 0.3) is 0 Å². The molecular weight excluding hydrogens is 200 g/mol. The highest BCUT2D eigenvalue weighted by atomic mass is 16.2. The summed E-state index contributed by atoms with van der Waals surface area (Å²) in [4.78, 5) is 14.1. The molecule has 0 spiro atoms. The van der Waals surface area contributed by atoms with E-state index in [0.717, 1.165) is 32.5 Å². The molecule has 3 nitrogen and oxygen atoms in total. The van der Waals surface area contributed by atoms with E-state index in [-0.39, 0.29) is 5.41 Å². The lowest BCUT2D eigenvalue weighted by Crippen LogP contribution is -2.48. The van der Waals surface area contributed by atoms with Crippen LogP contribution in [0.25, 0.3) is 0 Å². The number of hydrogen-bond acceptors (Lipinski definition) is 2. The van der Waals surface area contributed by atoms with Gasteiger partial charge in [-0.1, -0.05) is 27.7 Å². The Morgan fingerprint density at radius 1 is 1.31 bits per heavy atom. The second-order valence-electron chi connectivity index (χ2n) is 5.77. The molecule has 0 radical (unpaired) electrons. The van der Waals surface area contributed by atoms with Gasteiger partial charge in [-0.2, -0.15) is 0 Å². The maximum absolute atomic E-state index is 12.0. The molecule has 0 aromatic heterocycles. The van der Waals surface area contributed by atoms with Gasteiger partial charge in [-0.05, 0) is 25.8 Å². The van der Waals surface area contributed by atoms with Crippen molar-refractivity contribution < 1.29 is 4.79 Å². The van der Waals surface area contributed by atoms with Gasteiger partial charge >= 0.3 is 0 Å². The Morgan fingerprint density at radius 2 is 1.88 bits per heavy atom. The summed E-state index contributed by atoms with van der Waals surface area (Å²) in [6.45, 7) is 11.1. The van der Waals surface area contributed by atoms with Gasteiger partial charge in [-0.15, -0.1) is 0 Å². The third-order valence-corrected chi connectivity index (χ3v) is 3.11. The van der Waals surface area contributed by atoms with Crippen LogP contribution in [-0.4, -0.2) is 36.5 Å². The van der Waals surface area contributed by atoms with Gasteiger partial charge < -0.3 is 10.2 Å². The summed E-state index contributed by atoms with van der Waals surface area (Å²) < 4.78 is 0. The highest BCUT2D eigenvalue weighted by molar-refractivity contribution is 5.81. The van der Waals surface area contributed by atoms with Crippen molar-refractivity contribution in [3.8, 4) is 0 Å². The number of rotatable bonds is 3. The molecule has 3 heteroatoms. The molecule has 1 heterocycles. The minimum atomic E-state index is -0.232. The standard InChI is InChI=1S/C13H26N2O/c1-5-8-14-11-6-9-15(10-7-11)12(16)13(2,3)4/h11,14H,5-10H2,1-4H3. The molecule has 1 N–H and O–H groups in total. The molecule has 1 fully saturated rings. The molecule has 1 saturated heterocycles. The minimum Gasteiger partial charge on any atom is -0.342 e. The molecule has 0 aromatic carbocycles. The molecule has 16 heavy (non-hydrogen) atoms. The summed E-state index contributed by atoms with van der Waals surface area (Å²) in [5.41, 5.74) is -0.232. The van der Waals surface area contributed by atoms with E-state index in [9.17, 15) is 4.79 Å². The van der Waals surface area contributed by atoms with Crippen molar-refractivity contribution in [1.29, 1.82) is 0 Å². The zero-order valence-electron chi connectivity index (χ0n) is 11.2. The first-order chi connectivity index (χ1) is 7.45. The maximum Gasteiger partial charge on any atom is 0.227 e. The summed E-state index contributed by atoms with van der Waals surface area (Å²) in [6, 6.07) is 0.615. The van der Waals surface area contributed by atoms with Crippen molar-refractivity contribution in [2.75, 3.05) is 19.6 Å². The zero-order valence-corrected chi connectivity index (χ0v) is 11.2. The molecule has 1 aliphatic heterocycles. The third-order valence-electron chi connectivity index (χ3n) is 3.11. The van der Waals surface area contributed by atoms with Crippen LogP contribution in [-0.2, 0) is 4.79 Å². The van der Waals surface area contributed by atoms with Gasteiger partial charge in [-0.3, -0.25) is 4.79 Å². The Balaban J connectivity index is 2.34. The highest BCUT2D eigenvalue weighted by Crippen LogP contribution is 2.20. The van der Waals surface area contributed by atoms with Crippen LogP contribution < -0.4 is 5.32 Å². The molecule has 1 amide bonds. The topological polar surface area (TPSA) is 32.3 Å². The summed E-state index contributed by atoms with van der Waals surface area (Å²) in [7, 11) is 0. The van der Waals surface area contributed by atoms with Gasteiger partial charge in [0.2, 0.25) is 5.91 Å². The summed E-state index contributed by atoms with van der Waals surface area (Å²) in [6.07, 6.45) is 3.38. The number of carbonyl (C=O) groups excluding carboxylic acids is 1. The SMILES string of the molecule is CCCNC1CCN(C(=O)C(C)(C)C)CC1. The number of nitrogens with zero attached hydrogens (tertiary/aromatic N) is 1. The van der Waals surface area contributed by atoms with Crippen LogP contribution in [0.2, 0.25) is 0 Å². The Morgan fingerprint density at radius 3 is 2.31 bits per heavy atom. The summed E-state index contributed by atoms with van der Waals surface area (Å²) >= 11 is 0. The van der Waals surface area contributed by atoms with E-state index in [0.29, 0.717) is 11.9 Å².